The fraction of sp³-hybridized carbons (Fsp3) is 0.212. The van der Waals surface area contributed by atoms with E-state index in [2.05, 4.69) is 34.9 Å². The first kappa shape index (κ1) is 26.2. The first-order valence-electron chi connectivity index (χ1n) is 13.3. The molecule has 198 valence electrons. The highest BCUT2D eigenvalue weighted by Gasteiger charge is 2.29. The lowest BCUT2D eigenvalue weighted by molar-refractivity contribution is -0.123. The van der Waals surface area contributed by atoms with Gasteiger partial charge in [0.2, 0.25) is 5.91 Å². The summed E-state index contributed by atoms with van der Waals surface area (Å²) in [5.74, 6) is -0.270. The van der Waals surface area contributed by atoms with Crippen LogP contribution in [0.3, 0.4) is 0 Å². The molecule has 0 aliphatic heterocycles. The normalized spacial score (nSPS) is 13.6. The van der Waals surface area contributed by atoms with Gasteiger partial charge >= 0.3 is 6.09 Å². The predicted molar refractivity (Wildman–Crippen MR) is 153 cm³/mol. The van der Waals surface area contributed by atoms with Crippen molar-refractivity contribution in [2.75, 3.05) is 13.2 Å². The fourth-order valence-corrected chi connectivity index (χ4v) is 5.20. The van der Waals surface area contributed by atoms with Crippen LogP contribution in [0.1, 0.15) is 28.2 Å². The minimum Gasteiger partial charge on any atom is -0.449 e. The fourth-order valence-electron chi connectivity index (χ4n) is 5.20. The molecule has 1 aliphatic carbocycles. The number of carbonyl (C=O) groups is 2. The van der Waals surface area contributed by atoms with Crippen LogP contribution in [0.5, 0.6) is 0 Å². The number of hydrogen-bond acceptors (Lipinski definition) is 4. The van der Waals surface area contributed by atoms with E-state index in [1.165, 1.54) is 11.1 Å². The van der Waals surface area contributed by atoms with Crippen molar-refractivity contribution >= 4 is 12.0 Å². The zero-order chi connectivity index (χ0) is 27.0. The van der Waals surface area contributed by atoms with Crippen molar-refractivity contribution in [1.29, 1.82) is 0 Å². The van der Waals surface area contributed by atoms with Crippen molar-refractivity contribution in [2.24, 2.45) is 5.73 Å². The molecule has 4 aromatic carbocycles. The van der Waals surface area contributed by atoms with E-state index in [-0.39, 0.29) is 31.0 Å². The number of amides is 2. The van der Waals surface area contributed by atoms with Gasteiger partial charge in [-0.25, -0.2) is 4.79 Å². The Morgan fingerprint density at radius 2 is 1.23 bits per heavy atom. The van der Waals surface area contributed by atoms with Crippen LogP contribution in [0.4, 0.5) is 4.79 Å². The molecule has 0 heterocycles. The third-order valence-corrected chi connectivity index (χ3v) is 7.14. The topological polar surface area (TPSA) is 93.5 Å². The van der Waals surface area contributed by atoms with Crippen LogP contribution in [-0.4, -0.2) is 37.2 Å². The van der Waals surface area contributed by atoms with Gasteiger partial charge < -0.3 is 21.1 Å². The first-order chi connectivity index (χ1) is 19.1. The van der Waals surface area contributed by atoms with Gasteiger partial charge in [-0.1, -0.05) is 109 Å². The number of ether oxygens (including phenoxy) is 1. The Morgan fingerprint density at radius 3 is 1.82 bits per heavy atom. The Morgan fingerprint density at radius 1 is 0.718 bits per heavy atom. The molecular weight excluding hydrogens is 486 g/mol. The molecule has 0 spiro atoms. The lowest BCUT2D eigenvalue weighted by Gasteiger charge is -2.22. The molecule has 39 heavy (non-hydrogen) atoms. The number of hydrogen-bond donors (Lipinski definition) is 3. The highest BCUT2D eigenvalue weighted by molar-refractivity contribution is 5.82. The first-order valence-corrected chi connectivity index (χ1v) is 13.3. The van der Waals surface area contributed by atoms with Gasteiger partial charge in [-0.15, -0.1) is 0 Å². The Bertz CT molecular complexity index is 1360. The molecule has 0 fully saturated rings. The van der Waals surface area contributed by atoms with Crippen LogP contribution in [0, 0.1) is 0 Å². The van der Waals surface area contributed by atoms with Gasteiger partial charge in [0.1, 0.15) is 6.61 Å². The third kappa shape index (κ3) is 6.54. The van der Waals surface area contributed by atoms with Crippen LogP contribution in [0.15, 0.2) is 109 Å². The SMILES string of the molecule is N[C@@H](Cc1ccccc1)C(=O)N[C@H](CNC(=O)OCC1c2ccccc2-c2ccccc21)Cc1ccccc1. The van der Waals surface area contributed by atoms with Crippen molar-refractivity contribution in [1.82, 2.24) is 10.6 Å². The van der Waals surface area contributed by atoms with E-state index < -0.39 is 12.1 Å². The van der Waals surface area contributed by atoms with E-state index in [1.54, 1.807) is 0 Å². The average Bonchev–Trinajstić information content (AvgIpc) is 3.29. The highest BCUT2D eigenvalue weighted by atomic mass is 16.5. The zero-order valence-corrected chi connectivity index (χ0v) is 21.8. The number of carbonyl (C=O) groups excluding carboxylic acids is 2. The minimum atomic E-state index is -0.694. The maximum Gasteiger partial charge on any atom is 0.407 e. The Labute approximate surface area is 229 Å². The average molecular weight is 520 g/mol. The van der Waals surface area contributed by atoms with E-state index in [9.17, 15) is 9.59 Å². The van der Waals surface area contributed by atoms with Crippen LogP contribution >= 0.6 is 0 Å². The number of nitrogens with one attached hydrogen (secondary N) is 2. The molecule has 6 heteroatoms. The highest BCUT2D eigenvalue weighted by Crippen LogP contribution is 2.44. The Balaban J connectivity index is 1.19. The maximum atomic E-state index is 12.9. The Kier molecular flexibility index (Phi) is 8.34. The molecule has 0 saturated carbocycles. The lowest BCUT2D eigenvalue weighted by atomic mass is 9.98. The standard InChI is InChI=1S/C33H33N3O3/c34-31(20-24-13-5-2-6-14-24)32(37)36-25(19-23-11-3-1-4-12-23)21-35-33(38)39-22-30-28-17-9-7-15-26(28)27-16-8-10-18-29(27)30/h1-18,25,30-31H,19-22,34H2,(H,35,38)(H,36,37)/t25-,31-/m0/s1. The molecule has 4 N–H and O–H groups in total. The summed E-state index contributed by atoms with van der Waals surface area (Å²) in [5.41, 5.74) is 12.9. The van der Waals surface area contributed by atoms with E-state index in [0.29, 0.717) is 12.8 Å². The summed E-state index contributed by atoms with van der Waals surface area (Å²) in [7, 11) is 0. The predicted octanol–water partition coefficient (Wildman–Crippen LogP) is 4.82. The van der Waals surface area contributed by atoms with E-state index in [0.717, 1.165) is 22.3 Å². The number of benzene rings is 4. The molecule has 0 radical (unpaired) electrons. The van der Waals surface area contributed by atoms with E-state index >= 15 is 0 Å². The molecule has 0 unspecified atom stereocenters. The second kappa shape index (κ2) is 12.4. The summed E-state index contributed by atoms with van der Waals surface area (Å²) in [5, 5.41) is 5.88. The van der Waals surface area contributed by atoms with Crippen molar-refractivity contribution < 1.29 is 14.3 Å². The van der Waals surface area contributed by atoms with Crippen LogP contribution in [0.25, 0.3) is 11.1 Å². The minimum absolute atomic E-state index is 0.0149. The number of alkyl carbamates (subject to hydrolysis) is 1. The van der Waals surface area contributed by atoms with Crippen LogP contribution < -0.4 is 16.4 Å². The molecule has 5 rings (SSSR count). The van der Waals surface area contributed by atoms with Gasteiger partial charge in [0.15, 0.2) is 0 Å². The van der Waals surface area contributed by atoms with E-state index in [4.69, 9.17) is 10.5 Å². The molecule has 4 aromatic rings. The summed E-state index contributed by atoms with van der Waals surface area (Å²) in [6.45, 7) is 0.451. The summed E-state index contributed by atoms with van der Waals surface area (Å²) in [6, 6.07) is 35.0. The van der Waals surface area contributed by atoms with Crippen LogP contribution in [0.2, 0.25) is 0 Å². The second-order valence-corrected chi connectivity index (χ2v) is 9.90. The monoisotopic (exact) mass is 519 g/mol. The molecule has 1 aliphatic rings. The summed E-state index contributed by atoms with van der Waals surface area (Å²) >= 11 is 0. The maximum absolute atomic E-state index is 12.9. The van der Waals surface area contributed by atoms with Gasteiger partial charge in [0, 0.05) is 12.5 Å². The van der Waals surface area contributed by atoms with Crippen molar-refractivity contribution in [3.8, 4) is 11.1 Å². The lowest BCUT2D eigenvalue weighted by Crippen LogP contribution is -2.51. The molecule has 2 amide bonds. The third-order valence-electron chi connectivity index (χ3n) is 7.14. The van der Waals surface area contributed by atoms with Gasteiger partial charge in [0.25, 0.3) is 0 Å². The molecular formula is C33H33N3O3. The number of fused-ring (bicyclic) bond motifs is 3. The molecule has 0 bridgehead atoms. The quantitative estimate of drug-likeness (QED) is 0.280. The van der Waals surface area contributed by atoms with Gasteiger partial charge in [-0.3, -0.25) is 4.79 Å². The number of rotatable bonds is 10. The van der Waals surface area contributed by atoms with Gasteiger partial charge in [0.05, 0.1) is 12.1 Å². The van der Waals surface area contributed by atoms with Crippen molar-refractivity contribution in [3.05, 3.63) is 131 Å². The molecule has 0 aromatic heterocycles. The summed E-state index contributed by atoms with van der Waals surface area (Å²) < 4.78 is 5.68. The smallest absolute Gasteiger partial charge is 0.407 e. The van der Waals surface area contributed by atoms with Crippen LogP contribution in [-0.2, 0) is 22.4 Å². The Hall–Kier alpha value is -4.42. The molecule has 0 saturated heterocycles. The largest absolute Gasteiger partial charge is 0.449 e. The molecule has 2 atom stereocenters. The summed E-state index contributed by atoms with van der Waals surface area (Å²) in [4.78, 5) is 25.7. The number of nitrogens with two attached hydrogens (primary N) is 1. The van der Waals surface area contributed by atoms with Crippen molar-refractivity contribution in [3.63, 3.8) is 0 Å². The van der Waals surface area contributed by atoms with E-state index in [1.807, 2.05) is 84.9 Å². The summed E-state index contributed by atoms with van der Waals surface area (Å²) in [6.07, 6.45) is 0.469. The zero-order valence-electron chi connectivity index (χ0n) is 21.8. The second-order valence-electron chi connectivity index (χ2n) is 9.90. The van der Waals surface area contributed by atoms with Crippen molar-refractivity contribution in [2.45, 2.75) is 30.8 Å². The van der Waals surface area contributed by atoms with Gasteiger partial charge in [-0.2, -0.15) is 0 Å². The molecule has 6 nitrogen and oxygen atoms in total. The van der Waals surface area contributed by atoms with Gasteiger partial charge in [-0.05, 0) is 46.2 Å².